The lowest BCUT2D eigenvalue weighted by Gasteiger charge is -2.33. The second-order valence-corrected chi connectivity index (χ2v) is 3.32. The van der Waals surface area contributed by atoms with Crippen LogP contribution in [0.5, 0.6) is 0 Å². The van der Waals surface area contributed by atoms with Crippen LogP contribution in [0.15, 0.2) is 0 Å². The van der Waals surface area contributed by atoms with Gasteiger partial charge >= 0.3 is 0 Å². The Labute approximate surface area is 63.2 Å². The van der Waals surface area contributed by atoms with Gasteiger partial charge in [0.25, 0.3) is 0 Å². The number of hydrogen-bond acceptors (Lipinski definition) is 2. The van der Waals surface area contributed by atoms with Crippen molar-refractivity contribution in [1.82, 2.24) is 5.32 Å². The Bertz CT molecular complexity index is 103. The standard InChI is InChI=1S/C8H18N2/c1-3-8-7(9)5-4-6(2)10-8/h6-8,10H,3-5,9H2,1-2H3. The van der Waals surface area contributed by atoms with Gasteiger partial charge in [-0.25, -0.2) is 0 Å². The molecule has 1 heterocycles. The average molecular weight is 142 g/mol. The van der Waals surface area contributed by atoms with Gasteiger partial charge in [-0.1, -0.05) is 6.92 Å². The maximum absolute atomic E-state index is 5.89. The third kappa shape index (κ3) is 1.70. The zero-order chi connectivity index (χ0) is 7.56. The van der Waals surface area contributed by atoms with Gasteiger partial charge in [0, 0.05) is 18.1 Å². The molecule has 0 radical (unpaired) electrons. The zero-order valence-electron chi connectivity index (χ0n) is 6.93. The highest BCUT2D eigenvalue weighted by Gasteiger charge is 2.22. The van der Waals surface area contributed by atoms with Crippen molar-refractivity contribution in [3.8, 4) is 0 Å². The lowest BCUT2D eigenvalue weighted by Crippen LogP contribution is -2.52. The first kappa shape index (κ1) is 8.02. The van der Waals surface area contributed by atoms with Crippen molar-refractivity contribution in [2.45, 2.75) is 51.2 Å². The number of nitrogens with two attached hydrogens (primary N) is 1. The Morgan fingerprint density at radius 1 is 1.50 bits per heavy atom. The highest BCUT2D eigenvalue weighted by Crippen LogP contribution is 2.13. The van der Waals surface area contributed by atoms with Gasteiger partial charge in [-0.15, -0.1) is 0 Å². The lowest BCUT2D eigenvalue weighted by atomic mass is 9.93. The van der Waals surface area contributed by atoms with Crippen LogP contribution >= 0.6 is 0 Å². The van der Waals surface area contributed by atoms with E-state index < -0.39 is 0 Å². The van der Waals surface area contributed by atoms with E-state index in [1.165, 1.54) is 12.8 Å². The van der Waals surface area contributed by atoms with E-state index in [2.05, 4.69) is 19.2 Å². The van der Waals surface area contributed by atoms with E-state index >= 15 is 0 Å². The Kier molecular flexibility index (Phi) is 2.69. The van der Waals surface area contributed by atoms with Crippen LogP contribution in [-0.2, 0) is 0 Å². The van der Waals surface area contributed by atoms with E-state index in [1.807, 2.05) is 0 Å². The van der Waals surface area contributed by atoms with E-state index in [1.54, 1.807) is 0 Å². The molecule has 1 aliphatic rings. The summed E-state index contributed by atoms with van der Waals surface area (Å²) < 4.78 is 0. The van der Waals surface area contributed by atoms with Crippen molar-refractivity contribution in [2.24, 2.45) is 5.73 Å². The van der Waals surface area contributed by atoms with E-state index in [0.29, 0.717) is 18.1 Å². The molecule has 0 aromatic heterocycles. The van der Waals surface area contributed by atoms with E-state index in [4.69, 9.17) is 5.73 Å². The summed E-state index contributed by atoms with van der Waals surface area (Å²) in [4.78, 5) is 0. The van der Waals surface area contributed by atoms with E-state index in [0.717, 1.165) is 6.42 Å². The van der Waals surface area contributed by atoms with Crippen molar-refractivity contribution in [2.75, 3.05) is 0 Å². The maximum atomic E-state index is 5.89. The van der Waals surface area contributed by atoms with Crippen molar-refractivity contribution in [1.29, 1.82) is 0 Å². The fourth-order valence-electron chi connectivity index (χ4n) is 1.64. The number of piperidine rings is 1. The lowest BCUT2D eigenvalue weighted by molar-refractivity contribution is 0.291. The van der Waals surface area contributed by atoms with Crippen LogP contribution < -0.4 is 11.1 Å². The summed E-state index contributed by atoms with van der Waals surface area (Å²) >= 11 is 0. The molecule has 0 spiro atoms. The second kappa shape index (κ2) is 3.35. The third-order valence-electron chi connectivity index (χ3n) is 2.39. The molecule has 0 aromatic rings. The Balaban J connectivity index is 2.38. The van der Waals surface area contributed by atoms with Crippen molar-refractivity contribution >= 4 is 0 Å². The molecule has 1 saturated heterocycles. The predicted molar refractivity (Wildman–Crippen MR) is 43.9 cm³/mol. The summed E-state index contributed by atoms with van der Waals surface area (Å²) in [6.07, 6.45) is 3.58. The predicted octanol–water partition coefficient (Wildman–Crippen LogP) is 0.864. The molecule has 3 N–H and O–H groups in total. The fourth-order valence-corrected chi connectivity index (χ4v) is 1.64. The molecule has 3 atom stereocenters. The van der Waals surface area contributed by atoms with Crippen molar-refractivity contribution in [3.05, 3.63) is 0 Å². The summed E-state index contributed by atoms with van der Waals surface area (Å²) in [5.41, 5.74) is 5.89. The topological polar surface area (TPSA) is 38.0 Å². The first-order valence-corrected chi connectivity index (χ1v) is 4.25. The van der Waals surface area contributed by atoms with Gasteiger partial charge in [-0.3, -0.25) is 0 Å². The molecule has 2 heteroatoms. The molecule has 0 amide bonds. The zero-order valence-corrected chi connectivity index (χ0v) is 6.93. The monoisotopic (exact) mass is 142 g/mol. The van der Waals surface area contributed by atoms with E-state index in [-0.39, 0.29) is 0 Å². The van der Waals surface area contributed by atoms with Gasteiger partial charge in [0.15, 0.2) is 0 Å². The first-order chi connectivity index (χ1) is 4.74. The van der Waals surface area contributed by atoms with Gasteiger partial charge in [0.05, 0.1) is 0 Å². The highest BCUT2D eigenvalue weighted by atomic mass is 15.0. The van der Waals surface area contributed by atoms with Crippen LogP contribution in [-0.4, -0.2) is 18.1 Å². The van der Waals surface area contributed by atoms with Gasteiger partial charge in [-0.05, 0) is 26.2 Å². The molecule has 1 aliphatic heterocycles. The minimum Gasteiger partial charge on any atom is -0.326 e. The highest BCUT2D eigenvalue weighted by molar-refractivity contribution is 4.86. The molecule has 2 nitrogen and oxygen atoms in total. The van der Waals surface area contributed by atoms with Gasteiger partial charge in [0.1, 0.15) is 0 Å². The van der Waals surface area contributed by atoms with E-state index in [9.17, 15) is 0 Å². The Morgan fingerprint density at radius 3 is 2.70 bits per heavy atom. The number of hydrogen-bond donors (Lipinski definition) is 2. The molecule has 0 aliphatic carbocycles. The van der Waals surface area contributed by atoms with Crippen LogP contribution in [0.1, 0.15) is 33.1 Å². The van der Waals surface area contributed by atoms with Crippen molar-refractivity contribution in [3.63, 3.8) is 0 Å². The molecule has 1 rings (SSSR count). The molecule has 60 valence electrons. The third-order valence-corrected chi connectivity index (χ3v) is 2.39. The van der Waals surface area contributed by atoms with Gasteiger partial charge < -0.3 is 11.1 Å². The molecule has 1 fully saturated rings. The fraction of sp³-hybridized carbons (Fsp3) is 1.00. The minimum atomic E-state index is 0.390. The molecular weight excluding hydrogens is 124 g/mol. The summed E-state index contributed by atoms with van der Waals surface area (Å²) in [5, 5.41) is 3.49. The van der Waals surface area contributed by atoms with Crippen LogP contribution in [0, 0.1) is 0 Å². The van der Waals surface area contributed by atoms with Crippen molar-refractivity contribution < 1.29 is 0 Å². The maximum Gasteiger partial charge on any atom is 0.0218 e. The SMILES string of the molecule is CCC1NC(C)CCC1N. The summed E-state index contributed by atoms with van der Waals surface area (Å²) in [7, 11) is 0. The van der Waals surface area contributed by atoms with Crippen LogP contribution in [0.2, 0.25) is 0 Å². The quantitative estimate of drug-likeness (QED) is 0.570. The first-order valence-electron chi connectivity index (χ1n) is 4.25. The minimum absolute atomic E-state index is 0.390. The summed E-state index contributed by atoms with van der Waals surface area (Å²) in [6, 6.07) is 1.62. The molecule has 10 heavy (non-hydrogen) atoms. The Morgan fingerprint density at radius 2 is 2.20 bits per heavy atom. The Hall–Kier alpha value is -0.0800. The smallest absolute Gasteiger partial charge is 0.0218 e. The van der Waals surface area contributed by atoms with Gasteiger partial charge in [-0.2, -0.15) is 0 Å². The second-order valence-electron chi connectivity index (χ2n) is 3.32. The van der Waals surface area contributed by atoms with Crippen LogP contribution in [0.25, 0.3) is 0 Å². The molecular formula is C8H18N2. The molecule has 0 saturated carbocycles. The largest absolute Gasteiger partial charge is 0.326 e. The number of rotatable bonds is 1. The van der Waals surface area contributed by atoms with Crippen LogP contribution in [0.3, 0.4) is 0 Å². The van der Waals surface area contributed by atoms with Gasteiger partial charge in [0.2, 0.25) is 0 Å². The summed E-state index contributed by atoms with van der Waals surface area (Å²) in [5.74, 6) is 0. The molecule has 0 aromatic carbocycles. The van der Waals surface area contributed by atoms with Crippen LogP contribution in [0.4, 0.5) is 0 Å². The summed E-state index contributed by atoms with van der Waals surface area (Å²) in [6.45, 7) is 4.42. The normalized spacial score (nSPS) is 41.7. The molecule has 3 unspecified atom stereocenters. The average Bonchev–Trinajstić information content (AvgIpc) is 1.94. The molecule has 0 bridgehead atoms. The number of nitrogens with one attached hydrogen (secondary N) is 1.